The number of aromatic nitrogens is 2. The van der Waals surface area contributed by atoms with Gasteiger partial charge in [0, 0.05) is 22.7 Å². The number of rotatable bonds is 6. The highest BCUT2D eigenvalue weighted by Gasteiger charge is 2.22. The van der Waals surface area contributed by atoms with E-state index in [-0.39, 0.29) is 16.8 Å². The van der Waals surface area contributed by atoms with E-state index in [9.17, 15) is 5.21 Å². The van der Waals surface area contributed by atoms with Gasteiger partial charge in [0.05, 0.1) is 19.3 Å². The van der Waals surface area contributed by atoms with E-state index < -0.39 is 0 Å². The zero-order valence-corrected chi connectivity index (χ0v) is 16.9. The highest BCUT2D eigenvalue weighted by atomic mass is 35.5. The fourth-order valence-corrected chi connectivity index (χ4v) is 3.17. The molecule has 0 fully saturated rings. The van der Waals surface area contributed by atoms with Crippen LogP contribution >= 0.6 is 36.4 Å². The first-order chi connectivity index (χ1) is 13.0. The van der Waals surface area contributed by atoms with Crippen LogP contribution in [0.5, 0.6) is 5.75 Å². The highest BCUT2D eigenvalue weighted by molar-refractivity contribution is 8.10. The van der Waals surface area contributed by atoms with Crippen LogP contribution in [-0.4, -0.2) is 38.4 Å². The van der Waals surface area contributed by atoms with Gasteiger partial charge in [0.2, 0.25) is 0 Å². The molecule has 0 saturated heterocycles. The number of hydroxylamine groups is 2. The molecule has 0 aliphatic rings. The third kappa shape index (κ3) is 4.62. The lowest BCUT2D eigenvalue weighted by Crippen LogP contribution is -2.28. The van der Waals surface area contributed by atoms with E-state index in [2.05, 4.69) is 22.8 Å². The molecule has 2 N–H and O–H groups in total. The third-order valence-corrected chi connectivity index (χ3v) is 4.93. The molecular weight excluding hydrogens is 402 g/mol. The minimum absolute atomic E-state index is 0.0990. The molecule has 1 heterocycles. The molecule has 0 aliphatic carbocycles. The number of aromatic amines is 1. The van der Waals surface area contributed by atoms with Gasteiger partial charge in [-0.25, -0.2) is 5.06 Å². The van der Waals surface area contributed by atoms with Gasteiger partial charge >= 0.3 is 0 Å². The van der Waals surface area contributed by atoms with Crippen molar-refractivity contribution in [2.75, 3.05) is 13.7 Å². The maximum Gasteiger partial charge on any atom is 0.156 e. The molecule has 1 atom stereocenters. The maximum absolute atomic E-state index is 10.1. The van der Waals surface area contributed by atoms with Gasteiger partial charge in [-0.1, -0.05) is 42.0 Å². The van der Waals surface area contributed by atoms with Crippen molar-refractivity contribution in [2.45, 2.75) is 5.92 Å². The summed E-state index contributed by atoms with van der Waals surface area (Å²) in [5.74, 6) is 0.524. The van der Waals surface area contributed by atoms with Gasteiger partial charge in [0.1, 0.15) is 5.75 Å². The molecule has 0 aliphatic heterocycles. The zero-order chi connectivity index (χ0) is 19.4. The summed E-state index contributed by atoms with van der Waals surface area (Å²) in [6, 6.07) is 15.3. The SMILES string of the molecule is COc1ccc(C(CN(O)C(=S)S)c2cc[nH]n2)cc1-c1ccc(Cl)cc1. The molecule has 3 aromatic rings. The second-order valence-corrected chi connectivity index (χ2v) is 7.43. The van der Waals surface area contributed by atoms with E-state index in [1.807, 2.05) is 48.5 Å². The average Bonchev–Trinajstić information content (AvgIpc) is 3.20. The lowest BCUT2D eigenvalue weighted by Gasteiger charge is -2.22. The smallest absolute Gasteiger partial charge is 0.156 e. The molecule has 0 bridgehead atoms. The van der Waals surface area contributed by atoms with Crippen molar-refractivity contribution >= 4 is 40.8 Å². The van der Waals surface area contributed by atoms with Crippen LogP contribution < -0.4 is 4.74 Å². The lowest BCUT2D eigenvalue weighted by atomic mass is 9.92. The summed E-state index contributed by atoms with van der Waals surface area (Å²) in [5.41, 5.74) is 3.64. The summed E-state index contributed by atoms with van der Waals surface area (Å²) in [7, 11) is 1.63. The Morgan fingerprint density at radius 2 is 2.04 bits per heavy atom. The van der Waals surface area contributed by atoms with Crippen LogP contribution in [0, 0.1) is 0 Å². The molecule has 8 heteroatoms. The molecule has 27 heavy (non-hydrogen) atoms. The molecule has 0 amide bonds. The number of nitrogens with one attached hydrogen (secondary N) is 1. The minimum atomic E-state index is -0.219. The number of H-pyrrole nitrogens is 1. The largest absolute Gasteiger partial charge is 0.496 e. The summed E-state index contributed by atoms with van der Waals surface area (Å²) in [5, 5.41) is 18.8. The van der Waals surface area contributed by atoms with E-state index in [1.165, 1.54) is 0 Å². The molecule has 0 radical (unpaired) electrons. The van der Waals surface area contributed by atoms with Crippen molar-refractivity contribution in [2.24, 2.45) is 0 Å². The van der Waals surface area contributed by atoms with Crippen molar-refractivity contribution in [3.05, 3.63) is 71.0 Å². The Morgan fingerprint density at radius 3 is 2.63 bits per heavy atom. The van der Waals surface area contributed by atoms with Crippen LogP contribution in [0.1, 0.15) is 17.2 Å². The van der Waals surface area contributed by atoms with Crippen molar-refractivity contribution in [3.63, 3.8) is 0 Å². The van der Waals surface area contributed by atoms with Crippen LogP contribution in [0.4, 0.5) is 0 Å². The lowest BCUT2D eigenvalue weighted by molar-refractivity contribution is -0.0105. The first-order valence-corrected chi connectivity index (χ1v) is 9.36. The highest BCUT2D eigenvalue weighted by Crippen LogP contribution is 2.35. The fourth-order valence-electron chi connectivity index (χ4n) is 2.88. The standard InChI is InChI=1S/C19H18ClN3O2S2/c1-25-18-7-4-13(10-15(18)12-2-5-14(20)6-3-12)16(11-23(24)19(26)27)17-8-9-21-22-17/h2-10,16,24H,11H2,1H3,(H,21,22)(H,26,27). The topological polar surface area (TPSA) is 61.4 Å². The van der Waals surface area contributed by atoms with Crippen molar-refractivity contribution in [1.29, 1.82) is 0 Å². The fraction of sp³-hybridized carbons (Fsp3) is 0.158. The van der Waals surface area contributed by atoms with E-state index in [0.29, 0.717) is 5.02 Å². The molecule has 140 valence electrons. The number of hydrogen-bond donors (Lipinski definition) is 3. The van der Waals surface area contributed by atoms with Gasteiger partial charge < -0.3 is 4.74 Å². The van der Waals surface area contributed by atoms with Gasteiger partial charge in [0.15, 0.2) is 4.32 Å². The summed E-state index contributed by atoms with van der Waals surface area (Å²) >= 11 is 15.0. The second kappa shape index (κ2) is 8.75. The number of nitrogens with zero attached hydrogens (tertiary/aromatic N) is 2. The predicted molar refractivity (Wildman–Crippen MR) is 114 cm³/mol. The van der Waals surface area contributed by atoms with Gasteiger partial charge in [0.25, 0.3) is 0 Å². The Kier molecular flexibility index (Phi) is 6.38. The zero-order valence-electron chi connectivity index (χ0n) is 14.5. The number of methoxy groups -OCH3 is 1. The minimum Gasteiger partial charge on any atom is -0.496 e. The van der Waals surface area contributed by atoms with E-state index >= 15 is 0 Å². The van der Waals surface area contributed by atoms with Crippen molar-refractivity contribution in [3.8, 4) is 16.9 Å². The van der Waals surface area contributed by atoms with Crippen LogP contribution in [0.2, 0.25) is 5.02 Å². The van der Waals surface area contributed by atoms with Gasteiger partial charge in [-0.05, 0) is 41.5 Å². The number of halogens is 1. The average molecular weight is 420 g/mol. The maximum atomic E-state index is 10.1. The van der Waals surface area contributed by atoms with Crippen LogP contribution in [0.25, 0.3) is 11.1 Å². The molecule has 0 saturated carbocycles. The van der Waals surface area contributed by atoms with Gasteiger partial charge in [-0.2, -0.15) is 5.10 Å². The Morgan fingerprint density at radius 1 is 1.30 bits per heavy atom. The molecule has 1 aromatic heterocycles. The van der Waals surface area contributed by atoms with E-state index in [0.717, 1.165) is 33.2 Å². The molecular formula is C19H18ClN3O2S2. The summed E-state index contributed by atoms with van der Waals surface area (Å²) < 4.78 is 5.63. The monoisotopic (exact) mass is 419 g/mol. The van der Waals surface area contributed by atoms with Crippen molar-refractivity contribution < 1.29 is 9.94 Å². The number of benzene rings is 2. The predicted octanol–water partition coefficient (Wildman–Crippen LogP) is 4.78. The number of ether oxygens (including phenoxy) is 1. The Balaban J connectivity index is 2.06. The summed E-state index contributed by atoms with van der Waals surface area (Å²) in [4.78, 5) is 0. The molecule has 3 rings (SSSR count). The van der Waals surface area contributed by atoms with Crippen LogP contribution in [0.3, 0.4) is 0 Å². The first kappa shape index (κ1) is 19.7. The van der Waals surface area contributed by atoms with Crippen LogP contribution in [0.15, 0.2) is 54.7 Å². The van der Waals surface area contributed by atoms with Crippen LogP contribution in [-0.2, 0) is 0 Å². The number of thiol groups is 1. The third-order valence-electron chi connectivity index (χ3n) is 4.24. The van der Waals surface area contributed by atoms with Crippen molar-refractivity contribution in [1.82, 2.24) is 15.3 Å². The Bertz CT molecular complexity index is 917. The van der Waals surface area contributed by atoms with E-state index in [4.69, 9.17) is 28.6 Å². The quantitative estimate of drug-likeness (QED) is 0.305. The van der Waals surface area contributed by atoms with Gasteiger partial charge in [-0.3, -0.25) is 10.3 Å². The first-order valence-electron chi connectivity index (χ1n) is 8.12. The molecule has 1 unspecified atom stereocenters. The number of hydrogen-bond acceptors (Lipinski definition) is 4. The summed E-state index contributed by atoms with van der Waals surface area (Å²) in [6.45, 7) is 0.222. The summed E-state index contributed by atoms with van der Waals surface area (Å²) in [6.07, 6.45) is 1.74. The van der Waals surface area contributed by atoms with E-state index in [1.54, 1.807) is 13.3 Å². The second-order valence-electron chi connectivity index (χ2n) is 5.88. The Labute approximate surface area is 173 Å². The molecule has 5 nitrogen and oxygen atoms in total. The molecule has 2 aromatic carbocycles. The Hall–Kier alpha value is -2.06. The molecule has 0 spiro atoms. The van der Waals surface area contributed by atoms with Gasteiger partial charge in [-0.15, -0.1) is 12.6 Å². The normalized spacial score (nSPS) is 11.9. The number of thiocarbonyl (C=S) groups is 1.